The van der Waals surface area contributed by atoms with Gasteiger partial charge in [-0.25, -0.2) is 0 Å². The Balaban J connectivity index is 1.98. The van der Waals surface area contributed by atoms with E-state index in [9.17, 15) is 4.79 Å². The van der Waals surface area contributed by atoms with Crippen LogP contribution in [0.2, 0.25) is 0 Å². The van der Waals surface area contributed by atoms with E-state index >= 15 is 0 Å². The van der Waals surface area contributed by atoms with Crippen LogP contribution in [0.3, 0.4) is 0 Å². The SMILES string of the molecule is COc1cccc(NC(=O)Cn2cccc2)c1. The number of benzene rings is 1. The highest BCUT2D eigenvalue weighted by Gasteiger charge is 2.03. The van der Waals surface area contributed by atoms with Gasteiger partial charge in [0.2, 0.25) is 5.91 Å². The molecule has 0 fully saturated rings. The Labute approximate surface area is 99.8 Å². The maximum Gasteiger partial charge on any atom is 0.244 e. The number of carbonyl (C=O) groups excluding carboxylic acids is 1. The first kappa shape index (κ1) is 11.3. The van der Waals surface area contributed by atoms with E-state index in [1.165, 1.54) is 0 Å². The first-order valence-electron chi connectivity index (χ1n) is 5.32. The van der Waals surface area contributed by atoms with E-state index in [1.807, 2.05) is 47.3 Å². The van der Waals surface area contributed by atoms with Crippen LogP contribution in [-0.2, 0) is 11.3 Å². The van der Waals surface area contributed by atoms with E-state index in [0.29, 0.717) is 6.54 Å². The van der Waals surface area contributed by atoms with Gasteiger partial charge in [0.05, 0.1) is 7.11 Å². The number of methoxy groups -OCH3 is 1. The quantitative estimate of drug-likeness (QED) is 0.874. The number of nitrogens with one attached hydrogen (secondary N) is 1. The van der Waals surface area contributed by atoms with E-state index in [0.717, 1.165) is 11.4 Å². The van der Waals surface area contributed by atoms with E-state index in [2.05, 4.69) is 5.32 Å². The average Bonchev–Trinajstić information content (AvgIpc) is 2.82. The highest BCUT2D eigenvalue weighted by molar-refractivity contribution is 5.90. The molecule has 0 aliphatic rings. The summed E-state index contributed by atoms with van der Waals surface area (Å²) < 4.78 is 6.90. The van der Waals surface area contributed by atoms with Crippen molar-refractivity contribution in [1.29, 1.82) is 0 Å². The first-order chi connectivity index (χ1) is 8.28. The lowest BCUT2D eigenvalue weighted by atomic mass is 10.3. The number of hydrogen-bond donors (Lipinski definition) is 1. The highest BCUT2D eigenvalue weighted by Crippen LogP contribution is 2.16. The molecule has 0 bridgehead atoms. The molecule has 1 aromatic heterocycles. The molecule has 0 radical (unpaired) electrons. The van der Waals surface area contributed by atoms with Gasteiger partial charge in [-0.2, -0.15) is 0 Å². The fourth-order valence-corrected chi connectivity index (χ4v) is 1.54. The Kier molecular flexibility index (Phi) is 3.45. The third kappa shape index (κ3) is 3.11. The van der Waals surface area contributed by atoms with Gasteiger partial charge in [0.25, 0.3) is 0 Å². The zero-order valence-electron chi connectivity index (χ0n) is 9.59. The average molecular weight is 230 g/mol. The molecule has 1 amide bonds. The minimum atomic E-state index is -0.0607. The second-order valence-electron chi connectivity index (χ2n) is 3.64. The van der Waals surface area contributed by atoms with Crippen molar-refractivity contribution in [3.8, 4) is 5.75 Å². The van der Waals surface area contributed by atoms with Gasteiger partial charge in [0.15, 0.2) is 0 Å². The molecule has 4 heteroatoms. The van der Waals surface area contributed by atoms with Crippen molar-refractivity contribution in [2.75, 3.05) is 12.4 Å². The van der Waals surface area contributed by atoms with Gasteiger partial charge in [0.1, 0.15) is 12.3 Å². The van der Waals surface area contributed by atoms with Crippen LogP contribution in [0.25, 0.3) is 0 Å². The van der Waals surface area contributed by atoms with Crippen molar-refractivity contribution >= 4 is 11.6 Å². The topological polar surface area (TPSA) is 43.3 Å². The highest BCUT2D eigenvalue weighted by atomic mass is 16.5. The molecule has 88 valence electrons. The third-order valence-electron chi connectivity index (χ3n) is 2.35. The molecule has 17 heavy (non-hydrogen) atoms. The second-order valence-corrected chi connectivity index (χ2v) is 3.64. The molecule has 0 unspecified atom stereocenters. The van der Waals surface area contributed by atoms with Crippen LogP contribution in [0, 0.1) is 0 Å². The van der Waals surface area contributed by atoms with Crippen LogP contribution in [0.15, 0.2) is 48.8 Å². The molecule has 1 heterocycles. The first-order valence-corrected chi connectivity index (χ1v) is 5.32. The van der Waals surface area contributed by atoms with Crippen molar-refractivity contribution in [1.82, 2.24) is 4.57 Å². The van der Waals surface area contributed by atoms with Gasteiger partial charge in [-0.15, -0.1) is 0 Å². The molecule has 0 atom stereocenters. The Morgan fingerprint density at radius 2 is 2.06 bits per heavy atom. The molecule has 0 spiro atoms. The molecular formula is C13H14N2O2. The molecule has 1 N–H and O–H groups in total. The Morgan fingerprint density at radius 3 is 2.76 bits per heavy atom. The molecule has 2 aromatic rings. The maximum absolute atomic E-state index is 11.7. The van der Waals surface area contributed by atoms with Crippen molar-refractivity contribution in [2.45, 2.75) is 6.54 Å². The largest absolute Gasteiger partial charge is 0.497 e. The molecule has 0 aliphatic heterocycles. The predicted molar refractivity (Wildman–Crippen MR) is 66.1 cm³/mol. The fourth-order valence-electron chi connectivity index (χ4n) is 1.54. The lowest BCUT2D eigenvalue weighted by Gasteiger charge is -2.07. The van der Waals surface area contributed by atoms with Gasteiger partial charge in [-0.1, -0.05) is 6.07 Å². The van der Waals surface area contributed by atoms with Crippen LogP contribution < -0.4 is 10.1 Å². The molecular weight excluding hydrogens is 216 g/mol. The number of carbonyl (C=O) groups is 1. The van der Waals surface area contributed by atoms with E-state index in [-0.39, 0.29) is 5.91 Å². The van der Waals surface area contributed by atoms with E-state index in [4.69, 9.17) is 4.74 Å². The Morgan fingerprint density at radius 1 is 1.29 bits per heavy atom. The summed E-state index contributed by atoms with van der Waals surface area (Å²) in [7, 11) is 1.60. The summed E-state index contributed by atoms with van der Waals surface area (Å²) in [5, 5.41) is 2.82. The van der Waals surface area contributed by atoms with Gasteiger partial charge >= 0.3 is 0 Å². The number of amides is 1. The minimum absolute atomic E-state index is 0.0607. The van der Waals surface area contributed by atoms with Crippen molar-refractivity contribution in [3.63, 3.8) is 0 Å². The van der Waals surface area contributed by atoms with Gasteiger partial charge in [-0.3, -0.25) is 4.79 Å². The molecule has 4 nitrogen and oxygen atoms in total. The number of anilines is 1. The lowest BCUT2D eigenvalue weighted by molar-refractivity contribution is -0.116. The zero-order valence-corrected chi connectivity index (χ0v) is 9.59. The predicted octanol–water partition coefficient (Wildman–Crippen LogP) is 2.14. The second kappa shape index (κ2) is 5.21. The van der Waals surface area contributed by atoms with Gasteiger partial charge < -0.3 is 14.6 Å². The number of rotatable bonds is 4. The summed E-state index contributed by atoms with van der Waals surface area (Å²) in [5.74, 6) is 0.665. The summed E-state index contributed by atoms with van der Waals surface area (Å²) in [4.78, 5) is 11.7. The normalized spacial score (nSPS) is 9.94. The van der Waals surface area contributed by atoms with Crippen LogP contribution in [0.4, 0.5) is 5.69 Å². The maximum atomic E-state index is 11.7. The van der Waals surface area contributed by atoms with Crippen LogP contribution >= 0.6 is 0 Å². The van der Waals surface area contributed by atoms with E-state index in [1.54, 1.807) is 13.2 Å². The summed E-state index contributed by atoms with van der Waals surface area (Å²) in [6.45, 7) is 0.310. The van der Waals surface area contributed by atoms with Crippen molar-refractivity contribution in [3.05, 3.63) is 48.8 Å². The molecule has 0 saturated heterocycles. The number of aromatic nitrogens is 1. The summed E-state index contributed by atoms with van der Waals surface area (Å²) in [6, 6.07) is 11.1. The third-order valence-corrected chi connectivity index (χ3v) is 2.35. The summed E-state index contributed by atoms with van der Waals surface area (Å²) in [5.41, 5.74) is 0.738. The Hall–Kier alpha value is -2.23. The van der Waals surface area contributed by atoms with Crippen LogP contribution in [0.1, 0.15) is 0 Å². The molecule has 0 aliphatic carbocycles. The summed E-state index contributed by atoms with van der Waals surface area (Å²) >= 11 is 0. The lowest BCUT2D eigenvalue weighted by Crippen LogP contribution is -2.17. The monoisotopic (exact) mass is 230 g/mol. The molecule has 1 aromatic carbocycles. The van der Waals surface area contributed by atoms with Crippen molar-refractivity contribution in [2.24, 2.45) is 0 Å². The minimum Gasteiger partial charge on any atom is -0.497 e. The smallest absolute Gasteiger partial charge is 0.244 e. The number of hydrogen-bond acceptors (Lipinski definition) is 2. The standard InChI is InChI=1S/C13H14N2O2/c1-17-12-6-4-5-11(9-12)14-13(16)10-15-7-2-3-8-15/h2-9H,10H2,1H3,(H,14,16). The summed E-state index contributed by atoms with van der Waals surface area (Å²) in [6.07, 6.45) is 3.70. The van der Waals surface area contributed by atoms with Gasteiger partial charge in [0, 0.05) is 24.1 Å². The number of ether oxygens (including phenoxy) is 1. The Bertz CT molecular complexity index is 492. The number of nitrogens with zero attached hydrogens (tertiary/aromatic N) is 1. The van der Waals surface area contributed by atoms with Crippen molar-refractivity contribution < 1.29 is 9.53 Å². The molecule has 2 rings (SSSR count). The van der Waals surface area contributed by atoms with Crippen LogP contribution in [-0.4, -0.2) is 17.6 Å². The zero-order chi connectivity index (χ0) is 12.1. The fraction of sp³-hybridized carbons (Fsp3) is 0.154. The molecule has 0 saturated carbocycles. The van der Waals surface area contributed by atoms with E-state index < -0.39 is 0 Å². The van der Waals surface area contributed by atoms with Crippen LogP contribution in [0.5, 0.6) is 5.75 Å². The van der Waals surface area contributed by atoms with Gasteiger partial charge in [-0.05, 0) is 24.3 Å².